The SMILES string of the molecule is CON(C)C(=O)c1cnc(Cl)c(F)c1. The largest absolute Gasteiger partial charge is 0.278 e. The number of aromatic nitrogens is 1. The van der Waals surface area contributed by atoms with Crippen LogP contribution in [0, 0.1) is 5.82 Å². The number of rotatable bonds is 2. The summed E-state index contributed by atoms with van der Waals surface area (Å²) in [5.41, 5.74) is 0.0799. The zero-order chi connectivity index (χ0) is 10.7. The van der Waals surface area contributed by atoms with Gasteiger partial charge >= 0.3 is 0 Å². The summed E-state index contributed by atoms with van der Waals surface area (Å²) in [7, 11) is 2.74. The molecule has 14 heavy (non-hydrogen) atoms. The summed E-state index contributed by atoms with van der Waals surface area (Å²) in [5, 5.41) is 0.700. The van der Waals surface area contributed by atoms with E-state index in [1.165, 1.54) is 20.4 Å². The maximum atomic E-state index is 12.9. The summed E-state index contributed by atoms with van der Waals surface area (Å²) >= 11 is 5.36. The van der Waals surface area contributed by atoms with Gasteiger partial charge in [-0.25, -0.2) is 14.4 Å². The van der Waals surface area contributed by atoms with Crippen molar-refractivity contribution in [1.82, 2.24) is 10.0 Å². The van der Waals surface area contributed by atoms with Crippen LogP contribution in [0.1, 0.15) is 10.4 Å². The van der Waals surface area contributed by atoms with E-state index in [0.29, 0.717) is 0 Å². The predicted molar refractivity (Wildman–Crippen MR) is 48.3 cm³/mol. The van der Waals surface area contributed by atoms with E-state index >= 15 is 0 Å². The third-order valence-electron chi connectivity index (χ3n) is 1.60. The second kappa shape index (κ2) is 4.34. The third-order valence-corrected chi connectivity index (χ3v) is 1.88. The molecular weight excluding hydrogens is 211 g/mol. The van der Waals surface area contributed by atoms with E-state index in [9.17, 15) is 9.18 Å². The summed E-state index contributed by atoms with van der Waals surface area (Å²) in [6.45, 7) is 0. The van der Waals surface area contributed by atoms with Gasteiger partial charge in [0.2, 0.25) is 0 Å². The maximum Gasteiger partial charge on any atom is 0.278 e. The third kappa shape index (κ3) is 2.18. The lowest BCUT2D eigenvalue weighted by Crippen LogP contribution is -2.25. The zero-order valence-corrected chi connectivity index (χ0v) is 8.38. The molecule has 1 aromatic rings. The fourth-order valence-corrected chi connectivity index (χ4v) is 0.906. The quantitative estimate of drug-likeness (QED) is 0.558. The molecule has 1 heterocycles. The van der Waals surface area contributed by atoms with Gasteiger partial charge in [0, 0.05) is 13.2 Å². The number of halogens is 2. The minimum absolute atomic E-state index is 0.0799. The fraction of sp³-hybridized carbons (Fsp3) is 0.250. The van der Waals surface area contributed by atoms with Crippen LogP contribution in [0.15, 0.2) is 12.3 Å². The molecule has 0 bridgehead atoms. The Kier molecular flexibility index (Phi) is 3.38. The van der Waals surface area contributed by atoms with Gasteiger partial charge in [-0.05, 0) is 6.07 Å². The molecule has 0 aliphatic heterocycles. The molecular formula is C8H8ClFN2O2. The van der Waals surface area contributed by atoms with Gasteiger partial charge in [-0.15, -0.1) is 0 Å². The molecule has 0 saturated carbocycles. The molecule has 0 atom stereocenters. The Hall–Kier alpha value is -1.20. The zero-order valence-electron chi connectivity index (χ0n) is 7.62. The second-order valence-corrected chi connectivity index (χ2v) is 2.84. The molecule has 0 N–H and O–H groups in total. The monoisotopic (exact) mass is 218 g/mol. The van der Waals surface area contributed by atoms with Gasteiger partial charge in [-0.1, -0.05) is 11.6 Å². The Balaban J connectivity index is 2.97. The van der Waals surface area contributed by atoms with Crippen LogP contribution < -0.4 is 0 Å². The summed E-state index contributed by atoms with van der Waals surface area (Å²) in [4.78, 5) is 19.5. The molecule has 4 nitrogen and oxygen atoms in total. The van der Waals surface area contributed by atoms with Crippen molar-refractivity contribution in [2.24, 2.45) is 0 Å². The molecule has 76 valence electrons. The first kappa shape index (κ1) is 10.9. The smallest absolute Gasteiger partial charge is 0.274 e. The molecule has 0 radical (unpaired) electrons. The van der Waals surface area contributed by atoms with Crippen LogP contribution in [0.4, 0.5) is 4.39 Å². The number of hydroxylamine groups is 2. The van der Waals surface area contributed by atoms with Gasteiger partial charge in [0.15, 0.2) is 11.0 Å². The van der Waals surface area contributed by atoms with Crippen molar-refractivity contribution in [3.05, 3.63) is 28.8 Å². The highest BCUT2D eigenvalue weighted by Crippen LogP contribution is 2.12. The van der Waals surface area contributed by atoms with Crippen molar-refractivity contribution < 1.29 is 14.0 Å². The molecule has 1 aromatic heterocycles. The Morgan fingerprint density at radius 1 is 1.71 bits per heavy atom. The standard InChI is InChI=1S/C8H8ClFN2O2/c1-12(14-2)8(13)5-3-6(10)7(9)11-4-5/h3-4H,1-2H3. The van der Waals surface area contributed by atoms with Gasteiger partial charge in [-0.2, -0.15) is 0 Å². The highest BCUT2D eigenvalue weighted by Gasteiger charge is 2.13. The molecule has 1 rings (SSSR count). The van der Waals surface area contributed by atoms with E-state index in [1.54, 1.807) is 0 Å². The Morgan fingerprint density at radius 2 is 2.36 bits per heavy atom. The molecule has 0 unspecified atom stereocenters. The van der Waals surface area contributed by atoms with Gasteiger partial charge < -0.3 is 0 Å². The van der Waals surface area contributed by atoms with Gasteiger partial charge in [0.25, 0.3) is 5.91 Å². The number of amides is 1. The number of pyridine rings is 1. The van der Waals surface area contributed by atoms with E-state index in [2.05, 4.69) is 9.82 Å². The molecule has 0 aliphatic carbocycles. The van der Waals surface area contributed by atoms with Crippen molar-refractivity contribution in [2.75, 3.05) is 14.2 Å². The van der Waals surface area contributed by atoms with Crippen LogP contribution in [-0.4, -0.2) is 30.1 Å². The van der Waals surface area contributed by atoms with Crippen LogP contribution in [0.5, 0.6) is 0 Å². The maximum absolute atomic E-state index is 12.9. The lowest BCUT2D eigenvalue weighted by Gasteiger charge is -2.13. The number of nitrogens with zero attached hydrogens (tertiary/aromatic N) is 2. The minimum atomic E-state index is -0.734. The Bertz CT molecular complexity index is 359. The van der Waals surface area contributed by atoms with Crippen molar-refractivity contribution in [1.29, 1.82) is 0 Å². The van der Waals surface area contributed by atoms with Crippen molar-refractivity contribution in [3.8, 4) is 0 Å². The van der Waals surface area contributed by atoms with E-state index in [0.717, 1.165) is 11.1 Å². The molecule has 0 fully saturated rings. The highest BCUT2D eigenvalue weighted by atomic mass is 35.5. The molecule has 0 saturated heterocycles. The van der Waals surface area contributed by atoms with E-state index < -0.39 is 11.7 Å². The van der Waals surface area contributed by atoms with Crippen LogP contribution in [-0.2, 0) is 4.84 Å². The van der Waals surface area contributed by atoms with Gasteiger partial charge in [-0.3, -0.25) is 9.63 Å². The lowest BCUT2D eigenvalue weighted by atomic mass is 10.2. The first-order valence-electron chi connectivity index (χ1n) is 3.69. The van der Waals surface area contributed by atoms with Gasteiger partial charge in [0.1, 0.15) is 0 Å². The van der Waals surface area contributed by atoms with Crippen LogP contribution in [0.25, 0.3) is 0 Å². The Labute approximate surface area is 85.2 Å². The fourth-order valence-electron chi connectivity index (χ4n) is 0.803. The van der Waals surface area contributed by atoms with Crippen molar-refractivity contribution >= 4 is 17.5 Å². The first-order valence-corrected chi connectivity index (χ1v) is 4.07. The van der Waals surface area contributed by atoms with E-state index in [4.69, 9.17) is 11.6 Å². The second-order valence-electron chi connectivity index (χ2n) is 2.48. The van der Waals surface area contributed by atoms with Crippen LogP contribution in [0.2, 0.25) is 5.15 Å². The number of carbonyl (C=O) groups excluding carboxylic acids is 1. The molecule has 6 heteroatoms. The Morgan fingerprint density at radius 3 is 2.86 bits per heavy atom. The molecule has 0 spiro atoms. The topological polar surface area (TPSA) is 42.4 Å². The summed E-state index contributed by atoms with van der Waals surface area (Å²) in [6.07, 6.45) is 1.18. The summed E-state index contributed by atoms with van der Waals surface area (Å²) in [6, 6.07) is 1.01. The first-order chi connectivity index (χ1) is 6.56. The average Bonchev–Trinajstić information content (AvgIpc) is 2.20. The number of carbonyl (C=O) groups is 1. The average molecular weight is 219 g/mol. The highest BCUT2D eigenvalue weighted by molar-refractivity contribution is 6.29. The summed E-state index contributed by atoms with van der Waals surface area (Å²) in [5.74, 6) is -1.22. The normalized spacial score (nSPS) is 10.0. The van der Waals surface area contributed by atoms with Crippen molar-refractivity contribution in [3.63, 3.8) is 0 Å². The van der Waals surface area contributed by atoms with Crippen molar-refractivity contribution in [2.45, 2.75) is 0 Å². The predicted octanol–water partition coefficient (Wildman–Crippen LogP) is 1.51. The number of hydrogen-bond donors (Lipinski definition) is 0. The number of hydrogen-bond acceptors (Lipinski definition) is 3. The molecule has 0 aliphatic rings. The van der Waals surface area contributed by atoms with Gasteiger partial charge in [0.05, 0.1) is 12.7 Å². The molecule has 0 aromatic carbocycles. The van der Waals surface area contributed by atoms with Crippen LogP contribution >= 0.6 is 11.6 Å². The minimum Gasteiger partial charge on any atom is -0.274 e. The molecule has 1 amide bonds. The summed E-state index contributed by atoms with van der Waals surface area (Å²) < 4.78 is 12.9. The lowest BCUT2D eigenvalue weighted by molar-refractivity contribution is -0.0757. The van der Waals surface area contributed by atoms with E-state index in [1.807, 2.05) is 0 Å². The van der Waals surface area contributed by atoms with Crippen LogP contribution in [0.3, 0.4) is 0 Å². The van der Waals surface area contributed by atoms with E-state index in [-0.39, 0.29) is 10.7 Å².